The number of benzene rings is 1. The maximum atomic E-state index is 11.4. The van der Waals surface area contributed by atoms with Gasteiger partial charge in [0.15, 0.2) is 5.78 Å². The van der Waals surface area contributed by atoms with E-state index < -0.39 is 0 Å². The molecular weight excluding hydrogens is 252 g/mol. The van der Waals surface area contributed by atoms with Crippen LogP contribution >= 0.6 is 15.9 Å². The smallest absolute Gasteiger partial charge is 0.173 e. The summed E-state index contributed by atoms with van der Waals surface area (Å²) in [7, 11) is 0. The van der Waals surface area contributed by atoms with Gasteiger partial charge in [-0.1, -0.05) is 41.4 Å². The van der Waals surface area contributed by atoms with Gasteiger partial charge in [0.05, 0.1) is 5.33 Å². The molecular formula is C13H17BrO. The zero-order valence-electron chi connectivity index (χ0n) is 9.35. The highest BCUT2D eigenvalue weighted by Gasteiger charge is 2.05. The van der Waals surface area contributed by atoms with Crippen molar-refractivity contribution >= 4 is 21.7 Å². The number of aryl methyl sites for hydroxylation is 2. The number of hydrogen-bond donors (Lipinski definition) is 0. The number of hydrogen-bond acceptors (Lipinski definition) is 1. The summed E-state index contributed by atoms with van der Waals surface area (Å²) in [6.07, 6.45) is 3.54. The van der Waals surface area contributed by atoms with Gasteiger partial charge in [-0.05, 0) is 37.0 Å². The molecule has 0 aliphatic heterocycles. The average Bonchev–Trinajstić information content (AvgIpc) is 2.26. The summed E-state index contributed by atoms with van der Waals surface area (Å²) < 4.78 is 0. The third-order valence-corrected chi connectivity index (χ3v) is 3.09. The van der Waals surface area contributed by atoms with Crippen molar-refractivity contribution in [2.24, 2.45) is 0 Å². The Balaban J connectivity index is 2.83. The van der Waals surface area contributed by atoms with Gasteiger partial charge in [-0.3, -0.25) is 4.79 Å². The Morgan fingerprint density at radius 2 is 2.13 bits per heavy atom. The van der Waals surface area contributed by atoms with Crippen LogP contribution in [0.3, 0.4) is 0 Å². The van der Waals surface area contributed by atoms with E-state index in [1.807, 2.05) is 12.1 Å². The van der Waals surface area contributed by atoms with Crippen LogP contribution in [0, 0.1) is 6.92 Å². The van der Waals surface area contributed by atoms with E-state index in [9.17, 15) is 4.79 Å². The second kappa shape index (κ2) is 6.06. The van der Waals surface area contributed by atoms with E-state index in [2.05, 4.69) is 35.8 Å². The lowest BCUT2D eigenvalue weighted by molar-refractivity contribution is 0.102. The molecule has 0 unspecified atom stereocenters. The summed E-state index contributed by atoms with van der Waals surface area (Å²) in [6.45, 7) is 4.27. The molecule has 0 bridgehead atoms. The number of ketones is 1. The predicted octanol–water partition coefficient (Wildman–Crippen LogP) is 3.92. The van der Waals surface area contributed by atoms with Crippen molar-refractivity contribution in [3.8, 4) is 0 Å². The van der Waals surface area contributed by atoms with Crippen LogP contribution in [0.15, 0.2) is 18.2 Å². The second-order valence-corrected chi connectivity index (χ2v) is 4.36. The first kappa shape index (κ1) is 12.4. The van der Waals surface area contributed by atoms with Gasteiger partial charge < -0.3 is 0 Å². The van der Waals surface area contributed by atoms with Crippen molar-refractivity contribution in [2.45, 2.75) is 33.1 Å². The number of carbonyl (C=O) groups is 1. The summed E-state index contributed by atoms with van der Waals surface area (Å²) in [5.41, 5.74) is 3.41. The van der Waals surface area contributed by atoms with Crippen molar-refractivity contribution in [1.29, 1.82) is 0 Å². The molecule has 0 atom stereocenters. The molecule has 0 heterocycles. The third kappa shape index (κ3) is 3.45. The second-order valence-electron chi connectivity index (χ2n) is 3.80. The topological polar surface area (TPSA) is 17.1 Å². The fourth-order valence-corrected chi connectivity index (χ4v) is 1.92. The summed E-state index contributed by atoms with van der Waals surface area (Å²) in [5, 5.41) is 0.404. The Labute approximate surface area is 100 Å². The summed E-state index contributed by atoms with van der Waals surface area (Å²) in [4.78, 5) is 11.4. The number of halogens is 1. The minimum atomic E-state index is 0.153. The van der Waals surface area contributed by atoms with E-state index >= 15 is 0 Å². The molecule has 1 aromatic carbocycles. The maximum absolute atomic E-state index is 11.4. The monoisotopic (exact) mass is 268 g/mol. The van der Waals surface area contributed by atoms with E-state index in [0.29, 0.717) is 5.33 Å². The minimum Gasteiger partial charge on any atom is -0.293 e. The van der Waals surface area contributed by atoms with Crippen LogP contribution in [0.1, 0.15) is 41.3 Å². The summed E-state index contributed by atoms with van der Waals surface area (Å²) in [5.74, 6) is 0.153. The summed E-state index contributed by atoms with van der Waals surface area (Å²) >= 11 is 3.19. The van der Waals surface area contributed by atoms with Crippen LogP contribution in [0.25, 0.3) is 0 Å². The Morgan fingerprint density at radius 3 is 2.67 bits per heavy atom. The van der Waals surface area contributed by atoms with Gasteiger partial charge in [-0.25, -0.2) is 0 Å². The van der Waals surface area contributed by atoms with Crippen LogP contribution in [-0.4, -0.2) is 11.1 Å². The molecule has 1 rings (SSSR count). The van der Waals surface area contributed by atoms with E-state index in [4.69, 9.17) is 0 Å². The van der Waals surface area contributed by atoms with Crippen LogP contribution < -0.4 is 0 Å². The third-order valence-electron chi connectivity index (χ3n) is 2.59. The highest BCUT2D eigenvalue weighted by atomic mass is 79.9. The summed E-state index contributed by atoms with van der Waals surface area (Å²) in [6, 6.07) is 6.01. The molecule has 1 aromatic rings. The molecule has 1 nitrogen and oxygen atoms in total. The number of Topliss-reactive ketones (excluding diaryl/α,β-unsaturated/α-hetero) is 1. The van der Waals surface area contributed by atoms with Crippen molar-refractivity contribution in [3.05, 3.63) is 34.9 Å². The lowest BCUT2D eigenvalue weighted by Crippen LogP contribution is -2.01. The molecule has 0 spiro atoms. The number of unbranched alkanes of at least 4 members (excludes halogenated alkanes) is 1. The quantitative estimate of drug-likeness (QED) is 0.585. The first-order chi connectivity index (χ1) is 7.19. The highest BCUT2D eigenvalue weighted by Crippen LogP contribution is 2.14. The van der Waals surface area contributed by atoms with E-state index in [-0.39, 0.29) is 5.78 Å². The maximum Gasteiger partial charge on any atom is 0.173 e. The molecule has 0 aromatic heterocycles. The number of carbonyl (C=O) groups excluding carboxylic acids is 1. The Morgan fingerprint density at radius 1 is 1.40 bits per heavy atom. The van der Waals surface area contributed by atoms with E-state index in [1.54, 1.807) is 0 Å². The lowest BCUT2D eigenvalue weighted by atomic mass is 9.99. The van der Waals surface area contributed by atoms with Gasteiger partial charge in [0, 0.05) is 5.56 Å². The van der Waals surface area contributed by atoms with Gasteiger partial charge in [-0.2, -0.15) is 0 Å². The van der Waals surface area contributed by atoms with Gasteiger partial charge in [0.2, 0.25) is 0 Å². The largest absolute Gasteiger partial charge is 0.293 e. The number of rotatable bonds is 5. The Bertz CT molecular complexity index is 344. The van der Waals surface area contributed by atoms with Crippen molar-refractivity contribution in [3.63, 3.8) is 0 Å². The van der Waals surface area contributed by atoms with E-state index in [1.165, 1.54) is 24.0 Å². The average molecular weight is 269 g/mol. The van der Waals surface area contributed by atoms with Crippen LogP contribution in [-0.2, 0) is 6.42 Å². The SMILES string of the molecule is CCCCc1ccc(C(=O)CBr)cc1C. The first-order valence-corrected chi connectivity index (χ1v) is 6.50. The fraction of sp³-hybridized carbons (Fsp3) is 0.462. The molecule has 0 N–H and O–H groups in total. The lowest BCUT2D eigenvalue weighted by Gasteiger charge is -2.06. The predicted molar refractivity (Wildman–Crippen MR) is 67.9 cm³/mol. The molecule has 2 heteroatoms. The molecule has 0 saturated heterocycles. The van der Waals surface area contributed by atoms with E-state index in [0.717, 1.165) is 12.0 Å². The molecule has 0 fully saturated rings. The highest BCUT2D eigenvalue weighted by molar-refractivity contribution is 9.09. The van der Waals surface area contributed by atoms with Gasteiger partial charge in [-0.15, -0.1) is 0 Å². The Hall–Kier alpha value is -0.630. The van der Waals surface area contributed by atoms with Crippen molar-refractivity contribution in [1.82, 2.24) is 0 Å². The molecule has 0 aliphatic rings. The minimum absolute atomic E-state index is 0.153. The van der Waals surface area contributed by atoms with Crippen LogP contribution in [0.2, 0.25) is 0 Å². The normalized spacial score (nSPS) is 10.3. The Kier molecular flexibility index (Phi) is 5.03. The molecule has 0 saturated carbocycles. The van der Waals surface area contributed by atoms with Gasteiger partial charge in [0.1, 0.15) is 0 Å². The van der Waals surface area contributed by atoms with Crippen LogP contribution in [0.5, 0.6) is 0 Å². The zero-order valence-corrected chi connectivity index (χ0v) is 10.9. The van der Waals surface area contributed by atoms with Crippen molar-refractivity contribution < 1.29 is 4.79 Å². The zero-order chi connectivity index (χ0) is 11.3. The first-order valence-electron chi connectivity index (χ1n) is 5.37. The van der Waals surface area contributed by atoms with Crippen LogP contribution in [0.4, 0.5) is 0 Å². The fourth-order valence-electron chi connectivity index (χ4n) is 1.59. The van der Waals surface area contributed by atoms with Gasteiger partial charge >= 0.3 is 0 Å². The molecule has 0 radical (unpaired) electrons. The van der Waals surface area contributed by atoms with Gasteiger partial charge in [0.25, 0.3) is 0 Å². The molecule has 15 heavy (non-hydrogen) atoms. The van der Waals surface area contributed by atoms with Crippen molar-refractivity contribution in [2.75, 3.05) is 5.33 Å². The molecule has 0 amide bonds. The standard InChI is InChI=1S/C13H17BrO/c1-3-4-5-11-6-7-12(8-10(11)2)13(15)9-14/h6-8H,3-5,9H2,1-2H3. The molecule has 0 aliphatic carbocycles. The number of alkyl halides is 1. The molecule has 82 valence electrons.